The minimum absolute atomic E-state index is 0.265. The van der Waals surface area contributed by atoms with E-state index < -0.39 is 0 Å². The molecule has 2 nitrogen and oxygen atoms in total. The standard InChI is InChI=1S/C30H22O2/c1-3-32-30(31)25-17-27-26(16-18(25)2)28-21-10-6-4-8-19(21)12-14-23(28)24-15-13-20-9-5-7-11-22(20)29(24)27/h4-17H,3H2,1-2H3. The van der Waals surface area contributed by atoms with Gasteiger partial charge in [-0.05, 0) is 85.4 Å². The molecule has 0 bridgehead atoms. The van der Waals surface area contributed by atoms with E-state index in [9.17, 15) is 4.79 Å². The van der Waals surface area contributed by atoms with Crippen molar-refractivity contribution in [2.45, 2.75) is 13.8 Å². The molecule has 0 unspecified atom stereocenters. The molecule has 32 heavy (non-hydrogen) atoms. The number of aryl methyl sites for hydroxylation is 1. The minimum atomic E-state index is -0.265. The highest BCUT2D eigenvalue weighted by molar-refractivity contribution is 6.35. The van der Waals surface area contributed by atoms with Crippen LogP contribution in [0.2, 0.25) is 0 Å². The van der Waals surface area contributed by atoms with Crippen LogP contribution in [0.25, 0.3) is 53.9 Å². The lowest BCUT2D eigenvalue weighted by atomic mass is 9.87. The molecular weight excluding hydrogens is 392 g/mol. The van der Waals surface area contributed by atoms with Gasteiger partial charge in [0.15, 0.2) is 0 Å². The Labute approximate surface area is 186 Å². The summed E-state index contributed by atoms with van der Waals surface area (Å²) in [6.45, 7) is 4.20. The van der Waals surface area contributed by atoms with Gasteiger partial charge in [0.1, 0.15) is 0 Å². The quantitative estimate of drug-likeness (QED) is 0.212. The van der Waals surface area contributed by atoms with Gasteiger partial charge in [-0.3, -0.25) is 0 Å². The molecule has 0 aliphatic rings. The summed E-state index contributed by atoms with van der Waals surface area (Å²) >= 11 is 0. The molecule has 6 aromatic rings. The second kappa shape index (κ2) is 7.06. The maximum absolute atomic E-state index is 12.8. The zero-order chi connectivity index (χ0) is 21.8. The Bertz CT molecular complexity index is 1710. The van der Waals surface area contributed by atoms with E-state index in [1.165, 1.54) is 48.5 Å². The fourth-order valence-corrected chi connectivity index (χ4v) is 5.12. The first-order valence-corrected chi connectivity index (χ1v) is 11.0. The van der Waals surface area contributed by atoms with Crippen molar-refractivity contribution in [3.05, 3.63) is 96.1 Å². The highest BCUT2D eigenvalue weighted by Crippen LogP contribution is 2.42. The van der Waals surface area contributed by atoms with Gasteiger partial charge < -0.3 is 4.74 Å². The summed E-state index contributed by atoms with van der Waals surface area (Å²) in [4.78, 5) is 12.8. The molecular formula is C30H22O2. The number of ether oxygens (including phenoxy) is 1. The van der Waals surface area contributed by atoms with Crippen LogP contribution in [0.15, 0.2) is 84.9 Å². The largest absolute Gasteiger partial charge is 0.462 e. The van der Waals surface area contributed by atoms with Gasteiger partial charge in [0, 0.05) is 0 Å². The summed E-state index contributed by atoms with van der Waals surface area (Å²) in [5.74, 6) is -0.265. The van der Waals surface area contributed by atoms with Crippen molar-refractivity contribution in [3.63, 3.8) is 0 Å². The summed E-state index contributed by atoms with van der Waals surface area (Å²) in [6, 6.07) is 30.1. The second-order valence-corrected chi connectivity index (χ2v) is 8.35. The van der Waals surface area contributed by atoms with E-state index in [2.05, 4.69) is 78.9 Å². The lowest BCUT2D eigenvalue weighted by Crippen LogP contribution is -2.06. The number of benzene rings is 6. The van der Waals surface area contributed by atoms with Crippen molar-refractivity contribution in [3.8, 4) is 0 Å². The first-order chi connectivity index (χ1) is 15.7. The van der Waals surface area contributed by atoms with Gasteiger partial charge in [0.25, 0.3) is 0 Å². The number of carbonyl (C=O) groups is 1. The third kappa shape index (κ3) is 2.63. The van der Waals surface area contributed by atoms with Crippen molar-refractivity contribution in [1.29, 1.82) is 0 Å². The van der Waals surface area contributed by atoms with Crippen LogP contribution < -0.4 is 0 Å². The van der Waals surface area contributed by atoms with Gasteiger partial charge in [0.05, 0.1) is 12.2 Å². The monoisotopic (exact) mass is 414 g/mol. The Hall–Kier alpha value is -3.91. The maximum Gasteiger partial charge on any atom is 0.338 e. The van der Waals surface area contributed by atoms with Crippen LogP contribution in [-0.2, 0) is 4.74 Å². The Morgan fingerprint density at radius 2 is 1.19 bits per heavy atom. The molecule has 0 atom stereocenters. The van der Waals surface area contributed by atoms with Gasteiger partial charge in [-0.1, -0.05) is 72.8 Å². The topological polar surface area (TPSA) is 26.3 Å². The van der Waals surface area contributed by atoms with Crippen LogP contribution >= 0.6 is 0 Å². The Morgan fingerprint density at radius 3 is 1.75 bits per heavy atom. The summed E-state index contributed by atoms with van der Waals surface area (Å²) in [5, 5.41) is 12.0. The third-order valence-corrected chi connectivity index (χ3v) is 6.55. The Kier molecular flexibility index (Phi) is 4.16. The fraction of sp³-hybridized carbons (Fsp3) is 0.100. The lowest BCUT2D eigenvalue weighted by molar-refractivity contribution is 0.0525. The molecule has 2 heteroatoms. The van der Waals surface area contributed by atoms with E-state index in [1.54, 1.807) is 0 Å². The predicted octanol–water partition coefficient (Wildman–Crippen LogP) is 7.94. The average Bonchev–Trinajstić information content (AvgIpc) is 2.83. The highest BCUT2D eigenvalue weighted by atomic mass is 16.5. The first kappa shape index (κ1) is 18.8. The fourth-order valence-electron chi connectivity index (χ4n) is 5.12. The molecule has 0 N–H and O–H groups in total. The van der Waals surface area contributed by atoms with Gasteiger partial charge in [-0.2, -0.15) is 0 Å². The second-order valence-electron chi connectivity index (χ2n) is 8.35. The van der Waals surface area contributed by atoms with E-state index in [0.717, 1.165) is 10.9 Å². The molecule has 0 saturated heterocycles. The van der Waals surface area contributed by atoms with Crippen LogP contribution in [0.5, 0.6) is 0 Å². The van der Waals surface area contributed by atoms with Crippen LogP contribution in [0.1, 0.15) is 22.8 Å². The molecule has 0 fully saturated rings. The maximum atomic E-state index is 12.8. The van der Waals surface area contributed by atoms with Crippen LogP contribution in [0, 0.1) is 6.92 Å². The van der Waals surface area contributed by atoms with Gasteiger partial charge in [-0.15, -0.1) is 0 Å². The van der Waals surface area contributed by atoms with Crippen molar-refractivity contribution in [1.82, 2.24) is 0 Å². The van der Waals surface area contributed by atoms with Crippen molar-refractivity contribution < 1.29 is 9.53 Å². The van der Waals surface area contributed by atoms with Crippen LogP contribution in [-0.4, -0.2) is 12.6 Å². The van der Waals surface area contributed by atoms with E-state index >= 15 is 0 Å². The first-order valence-electron chi connectivity index (χ1n) is 11.0. The number of hydrogen-bond acceptors (Lipinski definition) is 2. The summed E-state index contributed by atoms with van der Waals surface area (Å²) in [5.41, 5.74) is 1.57. The van der Waals surface area contributed by atoms with Crippen molar-refractivity contribution in [2.24, 2.45) is 0 Å². The Morgan fingerprint density at radius 1 is 0.656 bits per heavy atom. The third-order valence-electron chi connectivity index (χ3n) is 6.55. The summed E-state index contributed by atoms with van der Waals surface area (Å²) in [6.07, 6.45) is 0. The van der Waals surface area contributed by atoms with Crippen LogP contribution in [0.4, 0.5) is 0 Å². The molecule has 6 aromatic carbocycles. The SMILES string of the molecule is CCOC(=O)c1cc2c(cc1C)c1c3ccccc3ccc1c1ccc3ccccc3c12. The van der Waals surface area contributed by atoms with E-state index in [4.69, 9.17) is 4.74 Å². The molecule has 0 aliphatic carbocycles. The number of esters is 1. The summed E-state index contributed by atoms with van der Waals surface area (Å²) < 4.78 is 5.38. The lowest BCUT2D eigenvalue weighted by Gasteiger charge is -2.16. The van der Waals surface area contributed by atoms with E-state index in [1.807, 2.05) is 19.9 Å². The zero-order valence-corrected chi connectivity index (χ0v) is 18.1. The molecule has 0 radical (unpaired) electrons. The van der Waals surface area contributed by atoms with Crippen molar-refractivity contribution >= 4 is 59.8 Å². The highest BCUT2D eigenvalue weighted by Gasteiger charge is 2.18. The number of fused-ring (bicyclic) bond motifs is 10. The van der Waals surface area contributed by atoms with Gasteiger partial charge in [0.2, 0.25) is 0 Å². The van der Waals surface area contributed by atoms with E-state index in [0.29, 0.717) is 12.2 Å². The minimum Gasteiger partial charge on any atom is -0.462 e. The normalized spacial score (nSPS) is 11.7. The van der Waals surface area contributed by atoms with Crippen LogP contribution in [0.3, 0.4) is 0 Å². The zero-order valence-electron chi connectivity index (χ0n) is 18.1. The number of rotatable bonds is 2. The molecule has 6 rings (SSSR count). The summed E-state index contributed by atoms with van der Waals surface area (Å²) in [7, 11) is 0. The number of hydrogen-bond donors (Lipinski definition) is 0. The molecule has 0 aliphatic heterocycles. The average molecular weight is 415 g/mol. The van der Waals surface area contributed by atoms with Crippen molar-refractivity contribution in [2.75, 3.05) is 6.61 Å². The molecule has 0 saturated carbocycles. The molecule has 0 heterocycles. The predicted molar refractivity (Wildman–Crippen MR) is 135 cm³/mol. The van der Waals surface area contributed by atoms with Gasteiger partial charge in [-0.25, -0.2) is 4.79 Å². The molecule has 0 amide bonds. The molecule has 0 spiro atoms. The number of carbonyl (C=O) groups excluding carboxylic acids is 1. The molecule has 154 valence electrons. The molecule has 0 aromatic heterocycles. The van der Waals surface area contributed by atoms with Gasteiger partial charge >= 0.3 is 5.97 Å². The smallest absolute Gasteiger partial charge is 0.338 e. The van der Waals surface area contributed by atoms with E-state index in [-0.39, 0.29) is 5.97 Å². The Balaban J connectivity index is 1.93.